The average molecular weight is 455 g/mol. The van der Waals surface area contributed by atoms with Crippen molar-refractivity contribution in [1.82, 2.24) is 4.57 Å². The maximum absolute atomic E-state index is 12.5. The standard InChI is InChI=1S/C26H34N2O5/c1-17(25(2,3)4)28-14-20(24(30)31)21(29)13-19(28)12-18-8-6-9-22(23(18)27)33-16-26(15-32-5)10-7-11-26/h6,8-9,12-14,17,27H,7,10-11,15-16H2,1-5H3,(H,30,31)/b18-12+,27-23?. The Labute approximate surface area is 194 Å². The number of nitrogens with zero attached hydrogens (tertiary/aromatic N) is 1. The van der Waals surface area contributed by atoms with Gasteiger partial charge in [-0.2, -0.15) is 0 Å². The number of hydrogen-bond acceptors (Lipinski definition) is 5. The molecule has 1 saturated carbocycles. The summed E-state index contributed by atoms with van der Waals surface area (Å²) < 4.78 is 13.2. The SMILES string of the molecule is COCC1(COC2=CC=C/C(=C\c3cc(=O)c(C(=O)O)cn3C(C)C(C)(C)C)C2=N)CCC1. The van der Waals surface area contributed by atoms with Crippen molar-refractivity contribution in [2.45, 2.75) is 53.0 Å². The molecule has 0 radical (unpaired) electrons. The van der Waals surface area contributed by atoms with Crippen molar-refractivity contribution in [2.24, 2.45) is 10.8 Å². The Morgan fingerprint density at radius 2 is 2.03 bits per heavy atom. The number of ether oxygens (including phenoxy) is 2. The lowest BCUT2D eigenvalue weighted by molar-refractivity contribution is -0.0340. The summed E-state index contributed by atoms with van der Waals surface area (Å²) in [4.78, 5) is 24.0. The molecule has 1 atom stereocenters. The molecule has 3 rings (SSSR count). The van der Waals surface area contributed by atoms with Crippen molar-refractivity contribution in [3.05, 3.63) is 63.3 Å². The molecule has 1 heterocycles. The number of allylic oxidation sites excluding steroid dienone is 4. The number of pyridine rings is 1. The van der Waals surface area contributed by atoms with Crippen LogP contribution in [0.2, 0.25) is 0 Å². The Balaban J connectivity index is 1.92. The molecule has 1 aromatic rings. The molecule has 0 spiro atoms. The van der Waals surface area contributed by atoms with Gasteiger partial charge in [0.15, 0.2) is 5.43 Å². The normalized spacial score (nSPS) is 19.7. The van der Waals surface area contributed by atoms with Crippen molar-refractivity contribution in [1.29, 1.82) is 5.41 Å². The van der Waals surface area contributed by atoms with E-state index in [1.807, 2.05) is 13.0 Å². The van der Waals surface area contributed by atoms with Gasteiger partial charge in [-0.25, -0.2) is 4.79 Å². The van der Waals surface area contributed by atoms with E-state index in [2.05, 4.69) is 20.8 Å². The zero-order valence-corrected chi connectivity index (χ0v) is 20.1. The predicted molar refractivity (Wildman–Crippen MR) is 129 cm³/mol. The third kappa shape index (κ3) is 5.36. The second kappa shape index (κ2) is 9.51. The van der Waals surface area contributed by atoms with E-state index in [0.717, 1.165) is 19.3 Å². The number of nitrogens with one attached hydrogen (secondary N) is 1. The maximum Gasteiger partial charge on any atom is 0.341 e. The minimum atomic E-state index is -1.25. The van der Waals surface area contributed by atoms with Gasteiger partial charge in [-0.15, -0.1) is 0 Å². The van der Waals surface area contributed by atoms with E-state index in [9.17, 15) is 14.7 Å². The van der Waals surface area contributed by atoms with Crippen molar-refractivity contribution < 1.29 is 19.4 Å². The van der Waals surface area contributed by atoms with Gasteiger partial charge >= 0.3 is 5.97 Å². The molecule has 7 nitrogen and oxygen atoms in total. The van der Waals surface area contributed by atoms with E-state index in [0.29, 0.717) is 30.2 Å². The fourth-order valence-electron chi connectivity index (χ4n) is 4.09. The van der Waals surface area contributed by atoms with E-state index in [1.165, 1.54) is 12.3 Å². The Kier molecular flexibility index (Phi) is 7.12. The molecule has 0 bridgehead atoms. The molecule has 0 aromatic carbocycles. The van der Waals surface area contributed by atoms with Crippen LogP contribution in [0.25, 0.3) is 6.08 Å². The molecule has 7 heteroatoms. The molecule has 33 heavy (non-hydrogen) atoms. The minimum Gasteiger partial charge on any atom is -0.491 e. The number of carboxylic acid groups (broad SMARTS) is 1. The van der Waals surface area contributed by atoms with Crippen LogP contribution in [0.15, 0.2) is 46.6 Å². The molecule has 0 aliphatic heterocycles. The second-order valence-corrected chi connectivity index (χ2v) is 10.2. The molecule has 178 valence electrons. The van der Waals surface area contributed by atoms with Gasteiger partial charge in [-0.3, -0.25) is 10.2 Å². The molecule has 1 fully saturated rings. The maximum atomic E-state index is 12.5. The third-order valence-corrected chi connectivity index (χ3v) is 6.77. The molecule has 2 aliphatic carbocycles. The van der Waals surface area contributed by atoms with Gasteiger partial charge in [-0.1, -0.05) is 39.3 Å². The zero-order valence-electron chi connectivity index (χ0n) is 20.1. The molecule has 2 aliphatic rings. The summed E-state index contributed by atoms with van der Waals surface area (Å²) >= 11 is 0. The molecule has 1 unspecified atom stereocenters. The van der Waals surface area contributed by atoms with E-state index >= 15 is 0 Å². The Bertz CT molecular complexity index is 1080. The van der Waals surface area contributed by atoms with Gasteiger partial charge < -0.3 is 19.1 Å². The number of aromatic nitrogens is 1. The van der Waals surface area contributed by atoms with Crippen molar-refractivity contribution in [3.8, 4) is 0 Å². The number of rotatable bonds is 8. The van der Waals surface area contributed by atoms with Crippen LogP contribution < -0.4 is 5.43 Å². The molecule has 1 aromatic heterocycles. The van der Waals surface area contributed by atoms with Crippen LogP contribution in [0.5, 0.6) is 0 Å². The summed E-state index contributed by atoms with van der Waals surface area (Å²) in [6, 6.07) is 1.24. The van der Waals surface area contributed by atoms with Crippen molar-refractivity contribution >= 4 is 17.8 Å². The Morgan fingerprint density at radius 3 is 2.58 bits per heavy atom. The molecular formula is C26H34N2O5. The molecule has 0 amide bonds. The lowest BCUT2D eigenvalue weighted by atomic mass is 9.70. The van der Waals surface area contributed by atoms with Gasteiger partial charge in [-0.05, 0) is 37.3 Å². The fraction of sp³-hybridized carbons (Fsp3) is 0.500. The average Bonchev–Trinajstić information content (AvgIpc) is 2.71. The molecule has 0 saturated heterocycles. The molecular weight excluding hydrogens is 420 g/mol. The van der Waals surface area contributed by atoms with E-state index in [4.69, 9.17) is 14.9 Å². The third-order valence-electron chi connectivity index (χ3n) is 6.77. The van der Waals surface area contributed by atoms with Crippen LogP contribution in [0.4, 0.5) is 0 Å². The number of carboxylic acids is 1. The highest BCUT2D eigenvalue weighted by Gasteiger charge is 2.38. The van der Waals surface area contributed by atoms with Crippen molar-refractivity contribution in [3.63, 3.8) is 0 Å². The highest BCUT2D eigenvalue weighted by atomic mass is 16.5. The first kappa shape index (κ1) is 24.7. The van der Waals surface area contributed by atoms with E-state index < -0.39 is 11.4 Å². The number of carbonyl (C=O) groups is 1. The second-order valence-electron chi connectivity index (χ2n) is 10.2. The smallest absolute Gasteiger partial charge is 0.341 e. The summed E-state index contributed by atoms with van der Waals surface area (Å²) in [6.07, 6.45) is 11.8. The quantitative estimate of drug-likeness (QED) is 0.585. The van der Waals surface area contributed by atoms with E-state index in [1.54, 1.807) is 29.9 Å². The zero-order chi connectivity index (χ0) is 24.4. The highest BCUT2D eigenvalue weighted by molar-refractivity contribution is 6.14. The summed E-state index contributed by atoms with van der Waals surface area (Å²) in [5, 5.41) is 18.1. The summed E-state index contributed by atoms with van der Waals surface area (Å²) in [6.45, 7) is 9.29. The van der Waals surface area contributed by atoms with Crippen molar-refractivity contribution in [2.75, 3.05) is 20.3 Å². The van der Waals surface area contributed by atoms with Gasteiger partial charge in [0.05, 0.1) is 13.2 Å². The van der Waals surface area contributed by atoms with Gasteiger partial charge in [0.25, 0.3) is 0 Å². The van der Waals surface area contributed by atoms with Crippen LogP contribution in [0.1, 0.15) is 69.1 Å². The summed E-state index contributed by atoms with van der Waals surface area (Å²) in [5.74, 6) is -0.773. The van der Waals surface area contributed by atoms with Gasteiger partial charge in [0.2, 0.25) is 0 Å². The first-order valence-electron chi connectivity index (χ1n) is 11.3. The van der Waals surface area contributed by atoms with Gasteiger partial charge in [0.1, 0.15) is 17.0 Å². The first-order valence-corrected chi connectivity index (χ1v) is 11.3. The fourth-order valence-corrected chi connectivity index (χ4v) is 4.09. The van der Waals surface area contributed by atoms with Crippen LogP contribution >= 0.6 is 0 Å². The van der Waals surface area contributed by atoms with Crippen LogP contribution in [-0.4, -0.2) is 41.7 Å². The number of hydrogen-bond donors (Lipinski definition) is 2. The monoisotopic (exact) mass is 454 g/mol. The topological polar surface area (TPSA) is 102 Å². The van der Waals surface area contributed by atoms with E-state index in [-0.39, 0.29) is 28.1 Å². The van der Waals surface area contributed by atoms with Crippen LogP contribution in [-0.2, 0) is 9.47 Å². The van der Waals surface area contributed by atoms with Gasteiger partial charge in [0, 0.05) is 42.1 Å². The van der Waals surface area contributed by atoms with Crippen LogP contribution in [0, 0.1) is 16.2 Å². The Hall–Kier alpha value is -2.93. The first-order chi connectivity index (χ1) is 15.5. The number of methoxy groups -OCH3 is 1. The minimum absolute atomic E-state index is 0.0101. The summed E-state index contributed by atoms with van der Waals surface area (Å²) in [7, 11) is 1.69. The largest absolute Gasteiger partial charge is 0.491 e. The lowest BCUT2D eigenvalue weighted by Crippen LogP contribution is -2.39. The predicted octanol–water partition coefficient (Wildman–Crippen LogP) is 4.84. The summed E-state index contributed by atoms with van der Waals surface area (Å²) in [5.41, 5.74) is 0.379. The lowest BCUT2D eigenvalue weighted by Gasteiger charge is -2.41. The Morgan fingerprint density at radius 1 is 1.33 bits per heavy atom. The highest BCUT2D eigenvalue weighted by Crippen LogP contribution is 2.42. The number of aromatic carboxylic acids is 1. The van der Waals surface area contributed by atoms with Crippen LogP contribution in [0.3, 0.4) is 0 Å². The molecule has 2 N–H and O–H groups in total.